The Balaban J connectivity index is 1.65. The van der Waals surface area contributed by atoms with Crippen molar-refractivity contribution in [3.8, 4) is 5.75 Å². The maximum absolute atomic E-state index is 12.3. The van der Waals surface area contributed by atoms with Gasteiger partial charge >= 0.3 is 6.61 Å². The van der Waals surface area contributed by atoms with Crippen LogP contribution >= 0.6 is 0 Å². The Labute approximate surface area is 150 Å². The van der Waals surface area contributed by atoms with E-state index in [9.17, 15) is 13.6 Å². The highest BCUT2D eigenvalue weighted by molar-refractivity contribution is 5.87. The Bertz CT molecular complexity index is 889. The molecule has 1 atom stereocenters. The fourth-order valence-electron chi connectivity index (χ4n) is 2.97. The summed E-state index contributed by atoms with van der Waals surface area (Å²) in [7, 11) is 0. The van der Waals surface area contributed by atoms with E-state index in [-0.39, 0.29) is 24.1 Å². The summed E-state index contributed by atoms with van der Waals surface area (Å²) < 4.78 is 28.6. The SMILES string of the molecule is CC(NC(=O)Cc1ccc(OC(F)F)cc1)c1cccc2ccccc12. The van der Waals surface area contributed by atoms with Crippen molar-refractivity contribution >= 4 is 16.7 Å². The van der Waals surface area contributed by atoms with Gasteiger partial charge in [-0.1, -0.05) is 54.6 Å². The van der Waals surface area contributed by atoms with Crippen molar-refractivity contribution in [3.05, 3.63) is 77.9 Å². The Hall–Kier alpha value is -2.95. The lowest BCUT2D eigenvalue weighted by molar-refractivity contribution is -0.121. The standard InChI is InChI=1S/C21H19F2NO2/c1-14(18-8-4-6-16-5-2-3-7-19(16)18)24-20(25)13-15-9-11-17(12-10-15)26-21(22)23/h2-12,14,21H,13H2,1H3,(H,24,25). The van der Waals surface area contributed by atoms with Crippen LogP contribution in [0.5, 0.6) is 5.75 Å². The summed E-state index contributed by atoms with van der Waals surface area (Å²) in [6.45, 7) is -0.912. The first-order chi connectivity index (χ1) is 12.5. The number of hydrogen-bond acceptors (Lipinski definition) is 2. The van der Waals surface area contributed by atoms with E-state index in [0.717, 1.165) is 21.9 Å². The molecular formula is C21H19F2NO2. The van der Waals surface area contributed by atoms with Crippen molar-refractivity contribution in [3.63, 3.8) is 0 Å². The summed E-state index contributed by atoms with van der Waals surface area (Å²) in [6.07, 6.45) is 0.171. The molecule has 1 N–H and O–H groups in total. The summed E-state index contributed by atoms with van der Waals surface area (Å²) in [4.78, 5) is 12.3. The van der Waals surface area contributed by atoms with Gasteiger partial charge in [0.05, 0.1) is 12.5 Å². The van der Waals surface area contributed by atoms with Crippen LogP contribution in [0.3, 0.4) is 0 Å². The molecule has 0 radical (unpaired) electrons. The lowest BCUT2D eigenvalue weighted by Crippen LogP contribution is -2.28. The molecule has 1 amide bonds. The third-order valence-electron chi connectivity index (χ3n) is 4.18. The van der Waals surface area contributed by atoms with E-state index in [2.05, 4.69) is 10.1 Å². The first-order valence-electron chi connectivity index (χ1n) is 8.33. The summed E-state index contributed by atoms with van der Waals surface area (Å²) in [5.41, 5.74) is 1.78. The van der Waals surface area contributed by atoms with Crippen LogP contribution in [-0.2, 0) is 11.2 Å². The van der Waals surface area contributed by atoms with E-state index < -0.39 is 6.61 Å². The van der Waals surface area contributed by atoms with Gasteiger partial charge in [0, 0.05) is 0 Å². The lowest BCUT2D eigenvalue weighted by Gasteiger charge is -2.17. The predicted octanol–water partition coefficient (Wildman–Crippen LogP) is 4.86. The minimum atomic E-state index is -2.86. The number of halogens is 2. The zero-order chi connectivity index (χ0) is 18.5. The molecule has 0 saturated heterocycles. The van der Waals surface area contributed by atoms with Gasteiger partial charge in [-0.25, -0.2) is 0 Å². The Morgan fingerprint density at radius 3 is 2.42 bits per heavy atom. The van der Waals surface area contributed by atoms with E-state index in [1.165, 1.54) is 12.1 Å². The largest absolute Gasteiger partial charge is 0.435 e. The minimum Gasteiger partial charge on any atom is -0.435 e. The Morgan fingerprint density at radius 1 is 1.00 bits per heavy atom. The summed E-state index contributed by atoms with van der Waals surface area (Å²) in [5, 5.41) is 5.23. The number of hydrogen-bond donors (Lipinski definition) is 1. The van der Waals surface area contributed by atoms with Crippen LogP contribution in [0.4, 0.5) is 8.78 Å². The molecule has 0 aliphatic carbocycles. The highest BCUT2D eigenvalue weighted by atomic mass is 19.3. The molecule has 0 heterocycles. The van der Waals surface area contributed by atoms with E-state index in [1.54, 1.807) is 12.1 Å². The molecule has 3 aromatic rings. The van der Waals surface area contributed by atoms with Crippen LogP contribution in [0, 0.1) is 0 Å². The molecule has 134 valence electrons. The van der Waals surface area contributed by atoms with Gasteiger partial charge in [0.2, 0.25) is 5.91 Å². The zero-order valence-corrected chi connectivity index (χ0v) is 14.3. The second kappa shape index (κ2) is 7.95. The fourth-order valence-corrected chi connectivity index (χ4v) is 2.97. The average molecular weight is 355 g/mol. The molecule has 1 unspecified atom stereocenters. The number of alkyl halides is 2. The van der Waals surface area contributed by atoms with Crippen molar-refractivity contribution in [1.82, 2.24) is 5.32 Å². The normalized spacial score (nSPS) is 12.2. The molecular weight excluding hydrogens is 336 g/mol. The molecule has 3 rings (SSSR count). The average Bonchev–Trinajstić information content (AvgIpc) is 2.62. The van der Waals surface area contributed by atoms with Gasteiger partial charge in [0.15, 0.2) is 0 Å². The quantitative estimate of drug-likeness (QED) is 0.686. The number of benzene rings is 3. The number of ether oxygens (including phenoxy) is 1. The third-order valence-corrected chi connectivity index (χ3v) is 4.18. The second-order valence-corrected chi connectivity index (χ2v) is 6.06. The molecule has 0 bridgehead atoms. The highest BCUT2D eigenvalue weighted by Gasteiger charge is 2.13. The number of carbonyl (C=O) groups excluding carboxylic acids is 1. The third kappa shape index (κ3) is 4.36. The van der Waals surface area contributed by atoms with E-state index in [0.29, 0.717) is 0 Å². The van der Waals surface area contributed by atoms with Gasteiger partial charge in [0.1, 0.15) is 5.75 Å². The topological polar surface area (TPSA) is 38.3 Å². The van der Waals surface area contributed by atoms with Crippen LogP contribution in [0.2, 0.25) is 0 Å². The summed E-state index contributed by atoms with van der Waals surface area (Å²) >= 11 is 0. The highest BCUT2D eigenvalue weighted by Crippen LogP contribution is 2.24. The van der Waals surface area contributed by atoms with Gasteiger partial charge in [-0.3, -0.25) is 4.79 Å². The molecule has 26 heavy (non-hydrogen) atoms. The van der Waals surface area contributed by atoms with Crippen molar-refractivity contribution in [1.29, 1.82) is 0 Å². The summed E-state index contributed by atoms with van der Waals surface area (Å²) in [5.74, 6) is -0.0544. The van der Waals surface area contributed by atoms with E-state index >= 15 is 0 Å². The maximum atomic E-state index is 12.3. The number of nitrogens with one attached hydrogen (secondary N) is 1. The molecule has 0 saturated carbocycles. The van der Waals surface area contributed by atoms with E-state index in [4.69, 9.17) is 0 Å². The maximum Gasteiger partial charge on any atom is 0.387 e. The molecule has 0 aliphatic rings. The Morgan fingerprint density at radius 2 is 1.69 bits per heavy atom. The van der Waals surface area contributed by atoms with E-state index in [1.807, 2.05) is 49.4 Å². The van der Waals surface area contributed by atoms with Crippen molar-refractivity contribution in [2.75, 3.05) is 0 Å². The van der Waals surface area contributed by atoms with Gasteiger partial charge in [-0.2, -0.15) is 8.78 Å². The molecule has 3 nitrogen and oxygen atoms in total. The molecule has 0 aromatic heterocycles. The molecule has 5 heteroatoms. The number of amides is 1. The van der Waals surface area contributed by atoms with Gasteiger partial charge in [-0.05, 0) is 41.0 Å². The van der Waals surface area contributed by atoms with Gasteiger partial charge < -0.3 is 10.1 Å². The fraction of sp³-hybridized carbons (Fsp3) is 0.190. The monoisotopic (exact) mass is 355 g/mol. The second-order valence-electron chi connectivity index (χ2n) is 6.06. The van der Waals surface area contributed by atoms with Crippen molar-refractivity contribution < 1.29 is 18.3 Å². The molecule has 0 spiro atoms. The van der Waals surface area contributed by atoms with Crippen LogP contribution in [0.1, 0.15) is 24.1 Å². The van der Waals surface area contributed by atoms with Gasteiger partial charge in [-0.15, -0.1) is 0 Å². The molecule has 3 aromatic carbocycles. The van der Waals surface area contributed by atoms with Crippen LogP contribution in [0.15, 0.2) is 66.7 Å². The van der Waals surface area contributed by atoms with Crippen molar-refractivity contribution in [2.45, 2.75) is 26.0 Å². The lowest BCUT2D eigenvalue weighted by atomic mass is 9.99. The number of carbonyl (C=O) groups is 1. The first kappa shape index (κ1) is 17.9. The van der Waals surface area contributed by atoms with Crippen molar-refractivity contribution in [2.24, 2.45) is 0 Å². The molecule has 0 aliphatic heterocycles. The van der Waals surface area contributed by atoms with Crippen LogP contribution < -0.4 is 10.1 Å². The smallest absolute Gasteiger partial charge is 0.387 e. The van der Waals surface area contributed by atoms with Crippen LogP contribution in [0.25, 0.3) is 10.8 Å². The molecule has 0 fully saturated rings. The van der Waals surface area contributed by atoms with Gasteiger partial charge in [0.25, 0.3) is 0 Å². The van der Waals surface area contributed by atoms with Crippen LogP contribution in [-0.4, -0.2) is 12.5 Å². The minimum absolute atomic E-state index is 0.0771. The number of fused-ring (bicyclic) bond motifs is 1. The summed E-state index contributed by atoms with van der Waals surface area (Å²) in [6, 6.07) is 20.0. The zero-order valence-electron chi connectivity index (χ0n) is 14.3. The predicted molar refractivity (Wildman–Crippen MR) is 97.3 cm³/mol. The number of rotatable bonds is 6. The Kier molecular flexibility index (Phi) is 5.46. The first-order valence-corrected chi connectivity index (χ1v) is 8.33.